The van der Waals surface area contributed by atoms with Crippen LogP contribution >= 0.6 is 11.8 Å². The van der Waals surface area contributed by atoms with Gasteiger partial charge in [-0.05, 0) is 73.9 Å². The molecule has 2 amide bonds. The molecule has 0 saturated carbocycles. The number of hydrogen-bond acceptors (Lipinski definition) is 3. The minimum absolute atomic E-state index is 0.220. The molecule has 4 rings (SSSR count). The summed E-state index contributed by atoms with van der Waals surface area (Å²) < 4.78 is 2.22. The molecule has 2 aromatic carbocycles. The SMILES string of the molecule is CCc1ccccc1-n1c(C)cc(/C=C2\SC(=O)N(Cc3ccc(C)cc3)C2=O)c1C. The van der Waals surface area contributed by atoms with Gasteiger partial charge in [-0.2, -0.15) is 0 Å². The summed E-state index contributed by atoms with van der Waals surface area (Å²) in [5.74, 6) is -0.227. The second-order valence-electron chi connectivity index (χ2n) is 7.90. The molecule has 1 fully saturated rings. The van der Waals surface area contributed by atoms with E-state index in [1.54, 1.807) is 0 Å². The number of carbonyl (C=O) groups is 2. The van der Waals surface area contributed by atoms with Gasteiger partial charge in [0.05, 0.1) is 11.4 Å². The molecule has 3 aromatic rings. The predicted molar refractivity (Wildman–Crippen MR) is 127 cm³/mol. The topological polar surface area (TPSA) is 42.3 Å². The first-order chi connectivity index (χ1) is 14.9. The first kappa shape index (κ1) is 21.2. The van der Waals surface area contributed by atoms with Crippen molar-refractivity contribution in [3.05, 3.63) is 93.1 Å². The fourth-order valence-corrected chi connectivity index (χ4v) is 4.82. The molecule has 0 N–H and O–H groups in total. The highest BCUT2D eigenvalue weighted by atomic mass is 32.2. The van der Waals surface area contributed by atoms with Crippen molar-refractivity contribution < 1.29 is 9.59 Å². The van der Waals surface area contributed by atoms with Gasteiger partial charge in [-0.1, -0.05) is 55.0 Å². The number of aryl methyl sites for hydroxylation is 3. The Hall–Kier alpha value is -3.05. The molecule has 0 bridgehead atoms. The number of para-hydroxylation sites is 1. The summed E-state index contributed by atoms with van der Waals surface area (Å²) in [6, 6.07) is 18.4. The van der Waals surface area contributed by atoms with Crippen molar-refractivity contribution in [3.63, 3.8) is 0 Å². The van der Waals surface area contributed by atoms with Gasteiger partial charge in [-0.3, -0.25) is 14.5 Å². The molecule has 0 aliphatic carbocycles. The lowest BCUT2D eigenvalue weighted by molar-refractivity contribution is -0.123. The van der Waals surface area contributed by atoms with Crippen molar-refractivity contribution in [1.82, 2.24) is 9.47 Å². The number of amides is 2. The standard InChI is InChI=1S/C26H26N2O2S/c1-5-21-8-6-7-9-23(21)28-18(3)14-22(19(28)4)15-24-25(29)27(26(30)31-24)16-20-12-10-17(2)11-13-20/h6-15H,5,16H2,1-4H3/b24-15-. The highest BCUT2D eigenvalue weighted by molar-refractivity contribution is 8.18. The summed E-state index contributed by atoms with van der Waals surface area (Å²) in [6.07, 6.45) is 2.80. The average molecular weight is 431 g/mol. The normalized spacial score (nSPS) is 15.4. The van der Waals surface area contributed by atoms with Crippen LogP contribution in [0, 0.1) is 20.8 Å². The maximum absolute atomic E-state index is 13.0. The molecule has 31 heavy (non-hydrogen) atoms. The Bertz CT molecular complexity index is 1190. The maximum atomic E-state index is 13.0. The summed E-state index contributed by atoms with van der Waals surface area (Å²) in [4.78, 5) is 27.3. The molecule has 0 atom stereocenters. The number of hydrogen-bond donors (Lipinski definition) is 0. The molecule has 2 heterocycles. The molecular weight excluding hydrogens is 404 g/mol. The first-order valence-corrected chi connectivity index (χ1v) is 11.3. The third-order valence-electron chi connectivity index (χ3n) is 5.71. The van der Waals surface area contributed by atoms with Crippen LogP contribution in [0.1, 0.15) is 40.6 Å². The van der Waals surface area contributed by atoms with Crippen LogP contribution in [0.5, 0.6) is 0 Å². The van der Waals surface area contributed by atoms with E-state index in [2.05, 4.69) is 49.6 Å². The molecule has 5 heteroatoms. The van der Waals surface area contributed by atoms with Gasteiger partial charge in [0.1, 0.15) is 0 Å². The van der Waals surface area contributed by atoms with Crippen molar-refractivity contribution >= 4 is 29.0 Å². The summed E-state index contributed by atoms with van der Waals surface area (Å²) in [7, 11) is 0. The fourth-order valence-electron chi connectivity index (χ4n) is 3.99. The van der Waals surface area contributed by atoms with E-state index in [0.29, 0.717) is 11.4 Å². The second kappa shape index (κ2) is 8.60. The average Bonchev–Trinajstić information content (AvgIpc) is 3.18. The highest BCUT2D eigenvalue weighted by Crippen LogP contribution is 2.35. The van der Waals surface area contributed by atoms with Crippen LogP contribution in [-0.2, 0) is 17.8 Å². The Kier molecular flexibility index (Phi) is 5.88. The molecule has 0 spiro atoms. The van der Waals surface area contributed by atoms with E-state index in [1.165, 1.54) is 10.5 Å². The number of benzene rings is 2. The number of aromatic nitrogens is 1. The minimum Gasteiger partial charge on any atom is -0.318 e. The van der Waals surface area contributed by atoms with Crippen LogP contribution in [0.2, 0.25) is 0 Å². The van der Waals surface area contributed by atoms with Crippen molar-refractivity contribution in [2.75, 3.05) is 0 Å². The van der Waals surface area contributed by atoms with E-state index in [-0.39, 0.29) is 11.1 Å². The zero-order valence-corrected chi connectivity index (χ0v) is 19.1. The predicted octanol–water partition coefficient (Wildman–Crippen LogP) is 6.20. The number of thioether (sulfide) groups is 1. The Balaban J connectivity index is 1.64. The Morgan fingerprint density at radius 3 is 2.39 bits per heavy atom. The van der Waals surface area contributed by atoms with Gasteiger partial charge < -0.3 is 4.57 Å². The van der Waals surface area contributed by atoms with E-state index >= 15 is 0 Å². The van der Waals surface area contributed by atoms with Gasteiger partial charge >= 0.3 is 0 Å². The summed E-state index contributed by atoms with van der Waals surface area (Å²) in [5.41, 5.74) is 7.65. The van der Waals surface area contributed by atoms with Gasteiger partial charge in [-0.25, -0.2) is 0 Å². The van der Waals surface area contributed by atoms with E-state index in [0.717, 1.165) is 51.9 Å². The number of carbonyl (C=O) groups excluding carboxylic acids is 2. The number of imide groups is 1. The Labute approximate surface area is 187 Å². The van der Waals surface area contributed by atoms with E-state index < -0.39 is 0 Å². The zero-order chi connectivity index (χ0) is 22.1. The zero-order valence-electron chi connectivity index (χ0n) is 18.3. The van der Waals surface area contributed by atoms with Crippen molar-refractivity contribution in [3.8, 4) is 5.69 Å². The van der Waals surface area contributed by atoms with Gasteiger partial charge in [0.25, 0.3) is 11.1 Å². The van der Waals surface area contributed by atoms with Crippen LogP contribution in [0.3, 0.4) is 0 Å². The fraction of sp³-hybridized carbons (Fsp3) is 0.231. The van der Waals surface area contributed by atoms with Crippen molar-refractivity contribution in [2.45, 2.75) is 40.7 Å². The Morgan fingerprint density at radius 1 is 0.968 bits per heavy atom. The molecule has 1 aliphatic rings. The van der Waals surface area contributed by atoms with Gasteiger partial charge in [0.2, 0.25) is 0 Å². The van der Waals surface area contributed by atoms with Crippen molar-refractivity contribution in [2.24, 2.45) is 0 Å². The maximum Gasteiger partial charge on any atom is 0.293 e. The molecule has 1 aromatic heterocycles. The van der Waals surface area contributed by atoms with Crippen LogP contribution < -0.4 is 0 Å². The first-order valence-electron chi connectivity index (χ1n) is 10.5. The molecule has 0 radical (unpaired) electrons. The molecular formula is C26H26N2O2S. The lowest BCUT2D eigenvalue weighted by atomic mass is 10.1. The van der Waals surface area contributed by atoms with Crippen LogP contribution in [-0.4, -0.2) is 20.6 Å². The number of nitrogens with zero attached hydrogens (tertiary/aromatic N) is 2. The molecule has 0 unspecified atom stereocenters. The van der Waals surface area contributed by atoms with E-state index in [1.807, 2.05) is 43.3 Å². The Morgan fingerprint density at radius 2 is 1.68 bits per heavy atom. The molecule has 4 nitrogen and oxygen atoms in total. The number of rotatable bonds is 5. The van der Waals surface area contributed by atoms with Gasteiger partial charge in [-0.15, -0.1) is 0 Å². The van der Waals surface area contributed by atoms with Crippen LogP contribution in [0.25, 0.3) is 11.8 Å². The third kappa shape index (κ3) is 4.10. The summed E-state index contributed by atoms with van der Waals surface area (Å²) >= 11 is 1.02. The lowest BCUT2D eigenvalue weighted by Crippen LogP contribution is -2.27. The van der Waals surface area contributed by atoms with Gasteiger partial charge in [0.15, 0.2) is 0 Å². The second-order valence-corrected chi connectivity index (χ2v) is 8.89. The van der Waals surface area contributed by atoms with Crippen molar-refractivity contribution in [1.29, 1.82) is 0 Å². The van der Waals surface area contributed by atoms with Crippen LogP contribution in [0.15, 0.2) is 59.5 Å². The third-order valence-corrected chi connectivity index (χ3v) is 6.61. The molecule has 1 saturated heterocycles. The highest BCUT2D eigenvalue weighted by Gasteiger charge is 2.35. The van der Waals surface area contributed by atoms with E-state index in [4.69, 9.17) is 0 Å². The summed E-state index contributed by atoms with van der Waals surface area (Å²) in [6.45, 7) is 8.59. The minimum atomic E-state index is -0.227. The summed E-state index contributed by atoms with van der Waals surface area (Å²) in [5, 5.41) is -0.220. The monoisotopic (exact) mass is 430 g/mol. The van der Waals surface area contributed by atoms with Crippen LogP contribution in [0.4, 0.5) is 4.79 Å². The molecule has 1 aliphatic heterocycles. The quantitative estimate of drug-likeness (QED) is 0.453. The smallest absolute Gasteiger partial charge is 0.293 e. The lowest BCUT2D eigenvalue weighted by Gasteiger charge is -2.14. The van der Waals surface area contributed by atoms with Gasteiger partial charge in [0, 0.05) is 17.1 Å². The largest absolute Gasteiger partial charge is 0.318 e. The molecule has 158 valence electrons. The van der Waals surface area contributed by atoms with E-state index in [9.17, 15) is 9.59 Å².